The Labute approximate surface area is 113 Å². The van der Waals surface area contributed by atoms with Crippen molar-refractivity contribution in [2.75, 3.05) is 39.9 Å². The molecule has 1 aliphatic rings. The number of hydrogen-bond acceptors (Lipinski definition) is 3. The molecule has 0 aliphatic carbocycles. The molecular formula is C15H32N2O. The van der Waals surface area contributed by atoms with Gasteiger partial charge in [0.15, 0.2) is 0 Å². The molecule has 0 amide bonds. The maximum Gasteiger partial charge on any atom is 0.0462 e. The van der Waals surface area contributed by atoms with Crippen LogP contribution < -0.4 is 5.32 Å². The molecule has 1 N–H and O–H groups in total. The molecule has 0 saturated carbocycles. The number of ether oxygens (including phenoxy) is 1. The number of hydrogen-bond donors (Lipinski definition) is 1. The molecule has 1 fully saturated rings. The number of rotatable bonds is 7. The third-order valence-electron chi connectivity index (χ3n) is 3.93. The molecule has 1 saturated heterocycles. The SMILES string of the molecule is CCC1CCN(CCCCCOC)CC(C)CN1. The van der Waals surface area contributed by atoms with E-state index in [-0.39, 0.29) is 0 Å². The van der Waals surface area contributed by atoms with Crippen LogP contribution in [0.4, 0.5) is 0 Å². The number of nitrogens with one attached hydrogen (secondary N) is 1. The lowest BCUT2D eigenvalue weighted by Gasteiger charge is -2.32. The van der Waals surface area contributed by atoms with Gasteiger partial charge in [0.1, 0.15) is 0 Å². The van der Waals surface area contributed by atoms with Crippen molar-refractivity contribution >= 4 is 0 Å². The Morgan fingerprint density at radius 2 is 2.11 bits per heavy atom. The zero-order valence-corrected chi connectivity index (χ0v) is 12.6. The predicted molar refractivity (Wildman–Crippen MR) is 78.0 cm³/mol. The molecule has 3 nitrogen and oxygen atoms in total. The maximum atomic E-state index is 5.09. The second kappa shape index (κ2) is 9.76. The highest BCUT2D eigenvalue weighted by molar-refractivity contribution is 4.75. The lowest BCUT2D eigenvalue weighted by molar-refractivity contribution is 0.178. The molecule has 0 aromatic carbocycles. The molecule has 18 heavy (non-hydrogen) atoms. The normalized spacial score (nSPS) is 26.8. The van der Waals surface area contributed by atoms with Crippen LogP contribution in [0.3, 0.4) is 0 Å². The summed E-state index contributed by atoms with van der Waals surface area (Å²) in [5, 5.41) is 3.68. The topological polar surface area (TPSA) is 24.5 Å². The third kappa shape index (κ3) is 6.72. The molecule has 1 aliphatic heterocycles. The Balaban J connectivity index is 2.20. The molecule has 3 heteroatoms. The van der Waals surface area contributed by atoms with Gasteiger partial charge < -0.3 is 15.0 Å². The van der Waals surface area contributed by atoms with Crippen molar-refractivity contribution < 1.29 is 4.74 Å². The first-order chi connectivity index (χ1) is 8.76. The van der Waals surface area contributed by atoms with E-state index in [0.717, 1.165) is 18.6 Å². The minimum Gasteiger partial charge on any atom is -0.385 e. The summed E-state index contributed by atoms with van der Waals surface area (Å²) >= 11 is 0. The molecule has 2 unspecified atom stereocenters. The van der Waals surface area contributed by atoms with Crippen molar-refractivity contribution in [2.45, 2.75) is 52.0 Å². The van der Waals surface area contributed by atoms with Crippen molar-refractivity contribution in [2.24, 2.45) is 5.92 Å². The Morgan fingerprint density at radius 3 is 2.83 bits per heavy atom. The summed E-state index contributed by atoms with van der Waals surface area (Å²) in [4.78, 5) is 2.67. The molecule has 0 aromatic rings. The Morgan fingerprint density at radius 1 is 1.28 bits per heavy atom. The monoisotopic (exact) mass is 256 g/mol. The first kappa shape index (κ1) is 15.9. The summed E-state index contributed by atoms with van der Waals surface area (Å²) in [7, 11) is 1.79. The number of unbranched alkanes of at least 4 members (excludes halogenated alkanes) is 2. The van der Waals surface area contributed by atoms with Crippen LogP contribution in [0.25, 0.3) is 0 Å². The summed E-state index contributed by atoms with van der Waals surface area (Å²) in [5.41, 5.74) is 0. The lowest BCUT2D eigenvalue weighted by atomic mass is 10.0. The molecule has 0 spiro atoms. The van der Waals surface area contributed by atoms with Crippen LogP contribution in [0, 0.1) is 5.92 Å². The largest absolute Gasteiger partial charge is 0.385 e. The second-order valence-electron chi connectivity index (χ2n) is 5.76. The molecular weight excluding hydrogens is 224 g/mol. The van der Waals surface area contributed by atoms with Gasteiger partial charge >= 0.3 is 0 Å². The zero-order valence-electron chi connectivity index (χ0n) is 12.6. The summed E-state index contributed by atoms with van der Waals surface area (Å²) in [6.45, 7) is 10.5. The molecule has 1 heterocycles. The van der Waals surface area contributed by atoms with Crippen molar-refractivity contribution in [3.63, 3.8) is 0 Å². The van der Waals surface area contributed by atoms with Crippen LogP contribution in [-0.4, -0.2) is 50.8 Å². The average molecular weight is 256 g/mol. The van der Waals surface area contributed by atoms with Gasteiger partial charge in [-0.3, -0.25) is 0 Å². The van der Waals surface area contributed by atoms with Gasteiger partial charge in [-0.15, -0.1) is 0 Å². The summed E-state index contributed by atoms with van der Waals surface area (Å²) < 4.78 is 5.09. The van der Waals surface area contributed by atoms with Crippen LogP contribution in [0.1, 0.15) is 46.0 Å². The van der Waals surface area contributed by atoms with Gasteiger partial charge in [-0.05, 0) is 57.7 Å². The third-order valence-corrected chi connectivity index (χ3v) is 3.93. The Kier molecular flexibility index (Phi) is 8.64. The highest BCUT2D eigenvalue weighted by Crippen LogP contribution is 2.10. The second-order valence-corrected chi connectivity index (χ2v) is 5.76. The number of methoxy groups -OCH3 is 1. The first-order valence-electron chi connectivity index (χ1n) is 7.71. The standard InChI is InChI=1S/C15H32N2O/c1-4-15-8-10-17(13-14(2)12-16-15)9-6-5-7-11-18-3/h14-16H,4-13H2,1-3H3. The minimum atomic E-state index is 0.726. The Bertz CT molecular complexity index is 199. The summed E-state index contributed by atoms with van der Waals surface area (Å²) in [5.74, 6) is 0.776. The lowest BCUT2D eigenvalue weighted by Crippen LogP contribution is -2.43. The van der Waals surface area contributed by atoms with Gasteiger partial charge in [-0.1, -0.05) is 13.8 Å². The molecule has 0 bridgehead atoms. The van der Waals surface area contributed by atoms with E-state index in [0.29, 0.717) is 0 Å². The molecule has 0 radical (unpaired) electrons. The van der Waals surface area contributed by atoms with E-state index < -0.39 is 0 Å². The van der Waals surface area contributed by atoms with Crippen molar-refractivity contribution in [1.82, 2.24) is 10.2 Å². The highest BCUT2D eigenvalue weighted by atomic mass is 16.5. The molecule has 2 atom stereocenters. The van der Waals surface area contributed by atoms with E-state index >= 15 is 0 Å². The van der Waals surface area contributed by atoms with Crippen LogP contribution >= 0.6 is 0 Å². The molecule has 108 valence electrons. The zero-order chi connectivity index (χ0) is 13.2. The van der Waals surface area contributed by atoms with Gasteiger partial charge in [-0.2, -0.15) is 0 Å². The fourth-order valence-electron chi connectivity index (χ4n) is 2.72. The minimum absolute atomic E-state index is 0.726. The van der Waals surface area contributed by atoms with E-state index in [2.05, 4.69) is 24.1 Å². The van der Waals surface area contributed by atoms with E-state index in [4.69, 9.17) is 4.74 Å². The van der Waals surface area contributed by atoms with Crippen LogP contribution in [-0.2, 0) is 4.74 Å². The van der Waals surface area contributed by atoms with Gasteiger partial charge in [0.2, 0.25) is 0 Å². The summed E-state index contributed by atoms with van der Waals surface area (Å²) in [6.07, 6.45) is 6.39. The van der Waals surface area contributed by atoms with E-state index in [1.165, 1.54) is 58.3 Å². The van der Waals surface area contributed by atoms with Crippen LogP contribution in [0.15, 0.2) is 0 Å². The van der Waals surface area contributed by atoms with Crippen molar-refractivity contribution in [3.8, 4) is 0 Å². The maximum absolute atomic E-state index is 5.09. The van der Waals surface area contributed by atoms with Crippen molar-refractivity contribution in [1.29, 1.82) is 0 Å². The summed E-state index contributed by atoms with van der Waals surface area (Å²) in [6, 6.07) is 0.726. The Hall–Kier alpha value is -0.120. The predicted octanol–water partition coefficient (Wildman–Crippen LogP) is 2.51. The van der Waals surface area contributed by atoms with Crippen LogP contribution in [0.2, 0.25) is 0 Å². The van der Waals surface area contributed by atoms with Crippen LogP contribution in [0.5, 0.6) is 0 Å². The quantitative estimate of drug-likeness (QED) is 0.708. The van der Waals surface area contributed by atoms with E-state index in [1.54, 1.807) is 7.11 Å². The number of nitrogens with zero attached hydrogens (tertiary/aromatic N) is 1. The van der Waals surface area contributed by atoms with Crippen molar-refractivity contribution in [3.05, 3.63) is 0 Å². The van der Waals surface area contributed by atoms with Gasteiger partial charge in [0.25, 0.3) is 0 Å². The average Bonchev–Trinajstić information content (AvgIpc) is 2.35. The smallest absolute Gasteiger partial charge is 0.0462 e. The van der Waals surface area contributed by atoms with E-state index in [1.807, 2.05) is 0 Å². The molecule has 1 rings (SSSR count). The van der Waals surface area contributed by atoms with Gasteiger partial charge in [0.05, 0.1) is 0 Å². The van der Waals surface area contributed by atoms with Gasteiger partial charge in [-0.25, -0.2) is 0 Å². The fraction of sp³-hybridized carbons (Fsp3) is 1.00. The van der Waals surface area contributed by atoms with E-state index in [9.17, 15) is 0 Å². The fourth-order valence-corrected chi connectivity index (χ4v) is 2.72. The molecule has 0 aromatic heterocycles. The highest BCUT2D eigenvalue weighted by Gasteiger charge is 2.17. The first-order valence-corrected chi connectivity index (χ1v) is 7.71. The van der Waals surface area contributed by atoms with Gasteiger partial charge in [0, 0.05) is 26.3 Å².